The SMILES string of the molecule is COc1cccc2cc([C@@H](C)N(CCCN3CCOCC3)C(=S)Nc3cccc(C(F)(F)F)c3)oc12. The third-order valence-corrected chi connectivity index (χ3v) is 6.64. The molecule has 36 heavy (non-hydrogen) atoms. The molecule has 1 aliphatic heterocycles. The molecule has 3 aromatic rings. The van der Waals surface area contributed by atoms with Crippen LogP contribution >= 0.6 is 12.2 Å². The average Bonchev–Trinajstić information content (AvgIpc) is 3.31. The second-order valence-corrected chi connectivity index (χ2v) is 9.10. The Balaban J connectivity index is 1.55. The number of morpholine rings is 1. The first-order valence-electron chi connectivity index (χ1n) is 11.9. The van der Waals surface area contributed by atoms with E-state index in [1.54, 1.807) is 13.2 Å². The van der Waals surface area contributed by atoms with Gasteiger partial charge in [0.1, 0.15) is 5.76 Å². The Bertz CT molecular complexity index is 1180. The number of methoxy groups -OCH3 is 1. The first kappa shape index (κ1) is 26.2. The zero-order chi connectivity index (χ0) is 25.7. The number of fused-ring (bicyclic) bond motifs is 1. The van der Waals surface area contributed by atoms with E-state index in [4.69, 9.17) is 26.1 Å². The van der Waals surface area contributed by atoms with Crippen molar-refractivity contribution in [1.29, 1.82) is 0 Å². The molecule has 1 atom stereocenters. The summed E-state index contributed by atoms with van der Waals surface area (Å²) in [5.41, 5.74) is 0.199. The molecule has 1 N–H and O–H groups in total. The van der Waals surface area contributed by atoms with E-state index in [9.17, 15) is 13.2 Å². The average molecular weight is 522 g/mol. The summed E-state index contributed by atoms with van der Waals surface area (Å²) in [4.78, 5) is 4.29. The molecule has 1 aliphatic rings. The minimum atomic E-state index is -4.43. The largest absolute Gasteiger partial charge is 0.493 e. The van der Waals surface area contributed by atoms with Crippen molar-refractivity contribution in [2.24, 2.45) is 0 Å². The van der Waals surface area contributed by atoms with Crippen LogP contribution in [0.5, 0.6) is 5.75 Å². The molecule has 1 fully saturated rings. The summed E-state index contributed by atoms with van der Waals surface area (Å²) in [6, 6.07) is 12.4. The van der Waals surface area contributed by atoms with E-state index in [-0.39, 0.29) is 11.7 Å². The van der Waals surface area contributed by atoms with Crippen molar-refractivity contribution in [2.75, 3.05) is 51.8 Å². The van der Waals surface area contributed by atoms with Gasteiger partial charge in [-0.05, 0) is 55.9 Å². The molecule has 2 aromatic carbocycles. The molecule has 0 aliphatic carbocycles. The molecule has 0 unspecified atom stereocenters. The molecule has 0 saturated carbocycles. The number of furan rings is 1. The summed E-state index contributed by atoms with van der Waals surface area (Å²) in [6.07, 6.45) is -3.62. The van der Waals surface area contributed by atoms with Crippen molar-refractivity contribution in [3.8, 4) is 5.75 Å². The van der Waals surface area contributed by atoms with Crippen LogP contribution in [0.15, 0.2) is 52.9 Å². The second-order valence-electron chi connectivity index (χ2n) is 8.71. The Morgan fingerprint density at radius 1 is 1.17 bits per heavy atom. The van der Waals surface area contributed by atoms with Crippen LogP contribution in [-0.4, -0.2) is 61.4 Å². The summed E-state index contributed by atoms with van der Waals surface area (Å²) in [6.45, 7) is 6.63. The highest BCUT2D eigenvalue weighted by Crippen LogP contribution is 2.34. The first-order valence-corrected chi connectivity index (χ1v) is 12.3. The van der Waals surface area contributed by atoms with Gasteiger partial charge >= 0.3 is 6.18 Å². The molecule has 194 valence electrons. The Hall–Kier alpha value is -2.82. The molecule has 1 aromatic heterocycles. The van der Waals surface area contributed by atoms with E-state index in [1.807, 2.05) is 36.1 Å². The van der Waals surface area contributed by atoms with Crippen LogP contribution in [0.3, 0.4) is 0 Å². The zero-order valence-electron chi connectivity index (χ0n) is 20.3. The Kier molecular flexibility index (Phi) is 8.38. The van der Waals surface area contributed by atoms with Crippen LogP contribution in [0, 0.1) is 0 Å². The normalized spacial score (nSPS) is 15.6. The van der Waals surface area contributed by atoms with Crippen molar-refractivity contribution in [3.63, 3.8) is 0 Å². The minimum Gasteiger partial charge on any atom is -0.493 e. The van der Waals surface area contributed by atoms with Gasteiger partial charge in [-0.2, -0.15) is 13.2 Å². The molecule has 10 heteroatoms. The highest BCUT2D eigenvalue weighted by Gasteiger charge is 2.31. The fourth-order valence-corrected chi connectivity index (χ4v) is 4.67. The lowest BCUT2D eigenvalue weighted by atomic mass is 10.1. The van der Waals surface area contributed by atoms with Crippen LogP contribution in [0.1, 0.15) is 30.7 Å². The van der Waals surface area contributed by atoms with Crippen molar-refractivity contribution < 1.29 is 27.1 Å². The van der Waals surface area contributed by atoms with E-state index >= 15 is 0 Å². The molecule has 6 nitrogen and oxygen atoms in total. The first-order chi connectivity index (χ1) is 17.3. The number of benzene rings is 2. The Labute approximate surface area is 213 Å². The van der Waals surface area contributed by atoms with E-state index in [0.717, 1.165) is 56.8 Å². The van der Waals surface area contributed by atoms with E-state index < -0.39 is 11.7 Å². The van der Waals surface area contributed by atoms with Gasteiger partial charge in [0.05, 0.1) is 31.9 Å². The number of thiocarbonyl (C=S) groups is 1. The molecular weight excluding hydrogens is 491 g/mol. The van der Waals surface area contributed by atoms with Crippen molar-refractivity contribution >= 4 is 34.0 Å². The van der Waals surface area contributed by atoms with Gasteiger partial charge in [0, 0.05) is 37.3 Å². The molecule has 1 saturated heterocycles. The van der Waals surface area contributed by atoms with Gasteiger partial charge in [-0.25, -0.2) is 0 Å². The molecule has 4 rings (SSSR count). The standard InChI is InChI=1S/C26H30F3N3O3S/c1-18(23-16-19-6-3-9-22(33-2)24(19)35-23)32(11-5-10-31-12-14-34-15-13-31)25(36)30-21-8-4-7-20(17-21)26(27,28)29/h3-4,6-9,16-18H,5,10-15H2,1-2H3,(H,30,36)/t18-/m1/s1. The van der Waals surface area contributed by atoms with Crippen LogP contribution < -0.4 is 10.1 Å². The lowest BCUT2D eigenvalue weighted by molar-refractivity contribution is -0.137. The number of hydrogen-bond acceptors (Lipinski definition) is 5. The Morgan fingerprint density at radius 2 is 1.92 bits per heavy atom. The van der Waals surface area contributed by atoms with Crippen LogP contribution in [0.4, 0.5) is 18.9 Å². The third kappa shape index (κ3) is 6.29. The molecule has 0 radical (unpaired) electrons. The lowest BCUT2D eigenvalue weighted by Gasteiger charge is -2.32. The van der Waals surface area contributed by atoms with Gasteiger partial charge in [-0.15, -0.1) is 0 Å². The van der Waals surface area contributed by atoms with E-state index in [2.05, 4.69) is 10.2 Å². The zero-order valence-corrected chi connectivity index (χ0v) is 21.1. The molecule has 2 heterocycles. The molecule has 0 spiro atoms. The van der Waals surface area contributed by atoms with Gasteiger partial charge in [0.2, 0.25) is 0 Å². The van der Waals surface area contributed by atoms with Crippen molar-refractivity contribution in [3.05, 3.63) is 59.9 Å². The minimum absolute atomic E-state index is 0.266. The summed E-state index contributed by atoms with van der Waals surface area (Å²) >= 11 is 5.70. The Morgan fingerprint density at radius 3 is 2.64 bits per heavy atom. The summed E-state index contributed by atoms with van der Waals surface area (Å²) in [7, 11) is 1.59. The van der Waals surface area contributed by atoms with Gasteiger partial charge in [0.25, 0.3) is 0 Å². The van der Waals surface area contributed by atoms with Gasteiger partial charge in [-0.3, -0.25) is 4.90 Å². The maximum Gasteiger partial charge on any atom is 0.416 e. The summed E-state index contributed by atoms with van der Waals surface area (Å²) in [5.74, 6) is 1.32. The van der Waals surface area contributed by atoms with E-state index in [1.165, 1.54) is 6.07 Å². The maximum absolute atomic E-state index is 13.2. The lowest BCUT2D eigenvalue weighted by Crippen LogP contribution is -2.41. The van der Waals surface area contributed by atoms with Gasteiger partial charge < -0.3 is 24.1 Å². The fraction of sp³-hybridized carbons (Fsp3) is 0.423. The fourth-order valence-electron chi connectivity index (χ4n) is 4.31. The predicted octanol–water partition coefficient (Wildman–Crippen LogP) is 5.94. The number of nitrogens with one attached hydrogen (secondary N) is 1. The quantitative estimate of drug-likeness (QED) is 0.368. The smallest absolute Gasteiger partial charge is 0.416 e. The van der Waals surface area contributed by atoms with Gasteiger partial charge in [-0.1, -0.05) is 18.2 Å². The summed E-state index contributed by atoms with van der Waals surface area (Å²) < 4.78 is 56.7. The molecule has 0 amide bonds. The highest BCUT2D eigenvalue weighted by molar-refractivity contribution is 7.80. The molecule has 0 bridgehead atoms. The third-order valence-electron chi connectivity index (χ3n) is 6.31. The monoisotopic (exact) mass is 521 g/mol. The van der Waals surface area contributed by atoms with Crippen molar-refractivity contribution in [2.45, 2.75) is 25.6 Å². The second kappa shape index (κ2) is 11.5. The number of nitrogens with zero attached hydrogens (tertiary/aromatic N) is 2. The number of alkyl halides is 3. The number of anilines is 1. The number of rotatable bonds is 8. The van der Waals surface area contributed by atoms with E-state index in [0.29, 0.717) is 28.7 Å². The van der Waals surface area contributed by atoms with Crippen LogP contribution in [0.25, 0.3) is 11.0 Å². The number of halogens is 3. The molecular formula is C26H30F3N3O3S. The van der Waals surface area contributed by atoms with Crippen LogP contribution in [-0.2, 0) is 10.9 Å². The maximum atomic E-state index is 13.2. The predicted molar refractivity (Wildman–Crippen MR) is 137 cm³/mol. The topological polar surface area (TPSA) is 50.1 Å². The number of para-hydroxylation sites is 1. The van der Waals surface area contributed by atoms with Crippen molar-refractivity contribution in [1.82, 2.24) is 9.80 Å². The number of hydrogen-bond donors (Lipinski definition) is 1. The highest BCUT2D eigenvalue weighted by atomic mass is 32.1. The van der Waals surface area contributed by atoms with Gasteiger partial charge in [0.15, 0.2) is 16.4 Å². The van der Waals surface area contributed by atoms with Crippen LogP contribution in [0.2, 0.25) is 0 Å². The summed E-state index contributed by atoms with van der Waals surface area (Å²) in [5, 5.41) is 4.24. The number of ether oxygens (including phenoxy) is 2.